The fourth-order valence-corrected chi connectivity index (χ4v) is 2.72. The largest absolute Gasteiger partial charge is 0.493 e. The Morgan fingerprint density at radius 1 is 1.12 bits per heavy atom. The van der Waals surface area contributed by atoms with Crippen LogP contribution in [0.4, 0.5) is 5.69 Å². The molecule has 2 aromatic carbocycles. The van der Waals surface area contributed by atoms with Gasteiger partial charge >= 0.3 is 0 Å². The molecule has 2 aromatic rings. The lowest BCUT2D eigenvalue weighted by Crippen LogP contribution is -2.22. The summed E-state index contributed by atoms with van der Waals surface area (Å²) in [4.78, 5) is 4.35. The molecular formula is C18H22BrN3O2. The van der Waals surface area contributed by atoms with E-state index >= 15 is 0 Å². The Bertz CT molecular complexity index is 704. The molecule has 2 rings (SSSR count). The summed E-state index contributed by atoms with van der Waals surface area (Å²) in [6.45, 7) is 0.665. The highest BCUT2D eigenvalue weighted by Gasteiger charge is 2.05. The van der Waals surface area contributed by atoms with Gasteiger partial charge in [0.15, 0.2) is 17.5 Å². The molecule has 0 aliphatic carbocycles. The lowest BCUT2D eigenvalue weighted by Gasteiger charge is -2.11. The summed E-state index contributed by atoms with van der Waals surface area (Å²) in [6, 6.07) is 13.8. The quantitative estimate of drug-likeness (QED) is 0.427. The monoisotopic (exact) mass is 391 g/mol. The predicted molar refractivity (Wildman–Crippen MR) is 102 cm³/mol. The highest BCUT2D eigenvalue weighted by atomic mass is 79.9. The summed E-state index contributed by atoms with van der Waals surface area (Å²) < 4.78 is 11.6. The lowest BCUT2D eigenvalue weighted by molar-refractivity contribution is 0.355. The maximum absolute atomic E-state index is 5.93. The number of hydrogen-bond acceptors (Lipinski definition) is 3. The SMILES string of the molecule is COc1ccc(NC(N)=NCCCc2cccc(Br)c2)cc1OC. The first kappa shape index (κ1) is 18.1. The molecule has 0 saturated heterocycles. The predicted octanol–water partition coefficient (Wildman–Crippen LogP) is 3.83. The standard InChI is InChI=1S/C18H22BrN3O2/c1-23-16-9-8-15(12-17(16)24-2)22-18(20)21-10-4-6-13-5-3-7-14(19)11-13/h3,5,7-9,11-12H,4,6,10H2,1-2H3,(H3,20,21,22). The number of anilines is 1. The molecule has 0 fully saturated rings. The van der Waals surface area contributed by atoms with Crippen molar-refractivity contribution < 1.29 is 9.47 Å². The number of hydrogen-bond donors (Lipinski definition) is 2. The van der Waals surface area contributed by atoms with Gasteiger partial charge in [-0.1, -0.05) is 28.1 Å². The van der Waals surface area contributed by atoms with E-state index in [2.05, 4.69) is 38.4 Å². The van der Waals surface area contributed by atoms with Gasteiger partial charge in [0, 0.05) is 22.8 Å². The molecule has 3 N–H and O–H groups in total. The summed E-state index contributed by atoms with van der Waals surface area (Å²) >= 11 is 3.48. The summed E-state index contributed by atoms with van der Waals surface area (Å²) in [6.07, 6.45) is 1.90. The van der Waals surface area contributed by atoms with E-state index in [1.165, 1.54) is 5.56 Å². The zero-order chi connectivity index (χ0) is 17.4. The van der Waals surface area contributed by atoms with Crippen molar-refractivity contribution in [2.24, 2.45) is 10.7 Å². The van der Waals surface area contributed by atoms with Crippen LogP contribution in [-0.2, 0) is 6.42 Å². The van der Waals surface area contributed by atoms with Crippen molar-refractivity contribution in [3.8, 4) is 11.5 Å². The molecule has 5 nitrogen and oxygen atoms in total. The molecule has 0 aliphatic heterocycles. The van der Waals surface area contributed by atoms with Crippen LogP contribution >= 0.6 is 15.9 Å². The highest BCUT2D eigenvalue weighted by Crippen LogP contribution is 2.29. The van der Waals surface area contributed by atoms with Crippen LogP contribution in [0, 0.1) is 0 Å². The minimum atomic E-state index is 0.386. The third kappa shape index (κ3) is 5.45. The first-order valence-electron chi connectivity index (χ1n) is 7.66. The van der Waals surface area contributed by atoms with Crippen LogP contribution in [0.15, 0.2) is 51.9 Å². The summed E-state index contributed by atoms with van der Waals surface area (Å²) in [5, 5.41) is 3.06. The smallest absolute Gasteiger partial charge is 0.193 e. The van der Waals surface area contributed by atoms with Gasteiger partial charge in [-0.3, -0.25) is 4.99 Å². The Hall–Kier alpha value is -2.21. The Kier molecular flexibility index (Phi) is 6.93. The second-order valence-electron chi connectivity index (χ2n) is 5.20. The number of benzene rings is 2. The number of methoxy groups -OCH3 is 2. The molecule has 0 unspecified atom stereocenters. The third-order valence-electron chi connectivity index (χ3n) is 3.45. The van der Waals surface area contributed by atoms with E-state index in [4.69, 9.17) is 15.2 Å². The van der Waals surface area contributed by atoms with Gasteiger partial charge in [-0.05, 0) is 42.7 Å². The molecule has 0 aliphatic rings. The van der Waals surface area contributed by atoms with Crippen LogP contribution in [0.2, 0.25) is 0 Å². The van der Waals surface area contributed by atoms with E-state index in [1.807, 2.05) is 30.3 Å². The first-order chi connectivity index (χ1) is 11.6. The Balaban J connectivity index is 1.85. The van der Waals surface area contributed by atoms with Crippen molar-refractivity contribution >= 4 is 27.6 Å². The van der Waals surface area contributed by atoms with Crippen molar-refractivity contribution in [1.82, 2.24) is 0 Å². The zero-order valence-electron chi connectivity index (χ0n) is 13.9. The first-order valence-corrected chi connectivity index (χ1v) is 8.45. The van der Waals surface area contributed by atoms with Crippen LogP contribution in [0.1, 0.15) is 12.0 Å². The summed E-state index contributed by atoms with van der Waals surface area (Å²) in [5.74, 6) is 1.70. The molecule has 0 amide bonds. The van der Waals surface area contributed by atoms with E-state index in [0.29, 0.717) is 24.0 Å². The maximum Gasteiger partial charge on any atom is 0.193 e. The molecule has 0 atom stereocenters. The zero-order valence-corrected chi connectivity index (χ0v) is 15.5. The van der Waals surface area contributed by atoms with Gasteiger partial charge in [0.1, 0.15) is 0 Å². The van der Waals surface area contributed by atoms with Crippen LogP contribution in [-0.4, -0.2) is 26.7 Å². The number of nitrogens with two attached hydrogens (primary N) is 1. The lowest BCUT2D eigenvalue weighted by atomic mass is 10.1. The Morgan fingerprint density at radius 3 is 2.62 bits per heavy atom. The highest BCUT2D eigenvalue weighted by molar-refractivity contribution is 9.10. The number of halogens is 1. The maximum atomic E-state index is 5.93. The van der Waals surface area contributed by atoms with Crippen molar-refractivity contribution in [2.45, 2.75) is 12.8 Å². The van der Waals surface area contributed by atoms with Crippen LogP contribution < -0.4 is 20.5 Å². The third-order valence-corrected chi connectivity index (χ3v) is 3.94. The average Bonchev–Trinajstić information content (AvgIpc) is 2.58. The van der Waals surface area contributed by atoms with Gasteiger partial charge < -0.3 is 20.5 Å². The van der Waals surface area contributed by atoms with Crippen LogP contribution in [0.3, 0.4) is 0 Å². The fraction of sp³-hybridized carbons (Fsp3) is 0.278. The number of guanidine groups is 1. The van der Waals surface area contributed by atoms with Crippen LogP contribution in [0.5, 0.6) is 11.5 Å². The summed E-state index contributed by atoms with van der Waals surface area (Å²) in [7, 11) is 3.20. The second kappa shape index (κ2) is 9.17. The topological polar surface area (TPSA) is 68.9 Å². The van der Waals surface area contributed by atoms with Gasteiger partial charge in [0.25, 0.3) is 0 Å². The molecule has 24 heavy (non-hydrogen) atoms. The molecule has 0 saturated carbocycles. The number of rotatable bonds is 7. The van der Waals surface area contributed by atoms with E-state index < -0.39 is 0 Å². The molecule has 0 heterocycles. The van der Waals surface area contributed by atoms with Crippen LogP contribution in [0.25, 0.3) is 0 Å². The van der Waals surface area contributed by atoms with E-state index in [1.54, 1.807) is 14.2 Å². The number of nitrogens with zero attached hydrogens (tertiary/aromatic N) is 1. The van der Waals surface area contributed by atoms with Crippen molar-refractivity contribution in [3.05, 3.63) is 52.5 Å². The molecule has 0 bridgehead atoms. The molecule has 0 radical (unpaired) electrons. The minimum absolute atomic E-state index is 0.386. The van der Waals surface area contributed by atoms with Crippen molar-refractivity contribution in [2.75, 3.05) is 26.1 Å². The normalized spacial score (nSPS) is 11.2. The number of aryl methyl sites for hydroxylation is 1. The minimum Gasteiger partial charge on any atom is -0.493 e. The molecule has 0 spiro atoms. The fourth-order valence-electron chi connectivity index (χ4n) is 2.28. The van der Waals surface area contributed by atoms with E-state index in [9.17, 15) is 0 Å². The molecule has 6 heteroatoms. The number of nitrogens with one attached hydrogen (secondary N) is 1. The number of aliphatic imine (C=N–C) groups is 1. The average molecular weight is 392 g/mol. The number of ether oxygens (including phenoxy) is 2. The van der Waals surface area contributed by atoms with Crippen molar-refractivity contribution in [1.29, 1.82) is 0 Å². The van der Waals surface area contributed by atoms with E-state index in [0.717, 1.165) is 23.0 Å². The van der Waals surface area contributed by atoms with Gasteiger partial charge in [-0.2, -0.15) is 0 Å². The van der Waals surface area contributed by atoms with E-state index in [-0.39, 0.29) is 0 Å². The van der Waals surface area contributed by atoms with Gasteiger partial charge in [-0.25, -0.2) is 0 Å². The Morgan fingerprint density at radius 2 is 1.92 bits per heavy atom. The molecule has 0 aromatic heterocycles. The van der Waals surface area contributed by atoms with Gasteiger partial charge in [0.05, 0.1) is 14.2 Å². The van der Waals surface area contributed by atoms with Gasteiger partial charge in [-0.15, -0.1) is 0 Å². The summed E-state index contributed by atoms with van der Waals surface area (Å²) in [5.41, 5.74) is 8.02. The molecule has 128 valence electrons. The molecular weight excluding hydrogens is 370 g/mol. The van der Waals surface area contributed by atoms with Gasteiger partial charge in [0.2, 0.25) is 0 Å². The Labute approximate surface area is 151 Å². The van der Waals surface area contributed by atoms with Crippen molar-refractivity contribution in [3.63, 3.8) is 0 Å². The second-order valence-corrected chi connectivity index (χ2v) is 6.11.